The molecule has 0 spiro atoms. The molecule has 6 nitrogen and oxygen atoms in total. The fourth-order valence-electron chi connectivity index (χ4n) is 2.51. The van der Waals surface area contributed by atoms with Crippen LogP contribution in [0, 0.1) is 5.82 Å². The van der Waals surface area contributed by atoms with Gasteiger partial charge in [0.15, 0.2) is 5.96 Å². The Labute approximate surface area is 183 Å². The number of aromatic nitrogens is 1. The molecule has 0 radical (unpaired) electrons. The van der Waals surface area contributed by atoms with Crippen LogP contribution in [-0.2, 0) is 17.8 Å². The van der Waals surface area contributed by atoms with E-state index in [-0.39, 0.29) is 29.8 Å². The van der Waals surface area contributed by atoms with E-state index in [0.29, 0.717) is 32.2 Å². The number of ether oxygens (including phenoxy) is 2. The van der Waals surface area contributed by atoms with Gasteiger partial charge in [0.1, 0.15) is 12.4 Å². The van der Waals surface area contributed by atoms with Crippen LogP contribution in [0.15, 0.2) is 47.6 Å². The maximum absolute atomic E-state index is 13.4. The molecule has 1 aromatic heterocycles. The van der Waals surface area contributed by atoms with Crippen LogP contribution in [0.3, 0.4) is 0 Å². The molecule has 8 heteroatoms. The summed E-state index contributed by atoms with van der Waals surface area (Å²) in [7, 11) is 3.55. The molecule has 0 bridgehead atoms. The van der Waals surface area contributed by atoms with E-state index in [1.807, 2.05) is 37.1 Å². The van der Waals surface area contributed by atoms with Gasteiger partial charge >= 0.3 is 0 Å². The van der Waals surface area contributed by atoms with Crippen LogP contribution in [0.2, 0.25) is 0 Å². The summed E-state index contributed by atoms with van der Waals surface area (Å²) in [6, 6.07) is 10.4. The number of hydrogen-bond acceptors (Lipinski definition) is 4. The largest absolute Gasteiger partial charge is 0.475 e. The Morgan fingerprint density at radius 1 is 1.25 bits per heavy atom. The second-order valence-electron chi connectivity index (χ2n) is 5.97. The van der Waals surface area contributed by atoms with E-state index in [9.17, 15) is 4.39 Å². The molecule has 1 N–H and O–H groups in total. The minimum absolute atomic E-state index is 0. The Hall–Kier alpha value is -1.94. The standard InChI is InChI=1S/C20H27FN4O2.HI/c1-4-22-20(25(2)15-16-7-5-9-18(21)13-16)24-14-17-8-6-10-23-19(17)27-12-11-26-3;/h5-10,13H,4,11-12,14-15H2,1-3H3,(H,22,24);1H. The number of benzene rings is 1. The molecule has 0 saturated carbocycles. The van der Waals surface area contributed by atoms with Gasteiger partial charge < -0.3 is 19.7 Å². The molecule has 0 fully saturated rings. The van der Waals surface area contributed by atoms with Crippen molar-refractivity contribution in [2.75, 3.05) is 33.9 Å². The van der Waals surface area contributed by atoms with Crippen molar-refractivity contribution in [2.45, 2.75) is 20.0 Å². The average Bonchev–Trinajstić information content (AvgIpc) is 2.66. The Bertz CT molecular complexity index is 746. The van der Waals surface area contributed by atoms with Crippen molar-refractivity contribution in [3.05, 3.63) is 59.5 Å². The number of nitrogens with zero attached hydrogens (tertiary/aromatic N) is 3. The molecule has 0 amide bonds. The molecule has 0 aliphatic rings. The van der Waals surface area contributed by atoms with Gasteiger partial charge in [0.25, 0.3) is 0 Å². The Kier molecular flexibility index (Phi) is 11.4. The van der Waals surface area contributed by atoms with Gasteiger partial charge in [-0.2, -0.15) is 0 Å². The van der Waals surface area contributed by atoms with Crippen LogP contribution in [-0.4, -0.2) is 49.8 Å². The normalized spacial score (nSPS) is 10.9. The molecular weight excluding hydrogens is 474 g/mol. The molecule has 1 heterocycles. The van der Waals surface area contributed by atoms with Crippen LogP contribution in [0.4, 0.5) is 4.39 Å². The zero-order chi connectivity index (χ0) is 19.5. The van der Waals surface area contributed by atoms with E-state index in [1.54, 1.807) is 19.4 Å². The lowest BCUT2D eigenvalue weighted by atomic mass is 10.2. The minimum Gasteiger partial charge on any atom is -0.475 e. The van der Waals surface area contributed by atoms with Crippen molar-refractivity contribution in [1.82, 2.24) is 15.2 Å². The molecule has 0 unspecified atom stereocenters. The average molecular weight is 502 g/mol. The highest BCUT2D eigenvalue weighted by Crippen LogP contribution is 2.16. The number of rotatable bonds is 9. The monoisotopic (exact) mass is 502 g/mol. The Morgan fingerprint density at radius 3 is 2.79 bits per heavy atom. The van der Waals surface area contributed by atoms with Crippen LogP contribution in [0.25, 0.3) is 0 Å². The lowest BCUT2D eigenvalue weighted by Crippen LogP contribution is -2.38. The summed E-state index contributed by atoms with van der Waals surface area (Å²) >= 11 is 0. The molecule has 28 heavy (non-hydrogen) atoms. The molecule has 0 aliphatic heterocycles. The molecule has 0 atom stereocenters. The van der Waals surface area contributed by atoms with Crippen LogP contribution in [0.1, 0.15) is 18.1 Å². The fourth-order valence-corrected chi connectivity index (χ4v) is 2.51. The van der Waals surface area contributed by atoms with Gasteiger partial charge in [0, 0.05) is 39.0 Å². The first kappa shape index (κ1) is 24.1. The highest BCUT2D eigenvalue weighted by Gasteiger charge is 2.09. The molecular formula is C20H28FIN4O2. The topological polar surface area (TPSA) is 59.0 Å². The maximum Gasteiger partial charge on any atom is 0.218 e. The van der Waals surface area contributed by atoms with Crippen molar-refractivity contribution in [2.24, 2.45) is 4.99 Å². The summed E-state index contributed by atoms with van der Waals surface area (Å²) < 4.78 is 24.1. The van der Waals surface area contributed by atoms with E-state index in [2.05, 4.69) is 15.3 Å². The number of aliphatic imine (C=N–C) groups is 1. The zero-order valence-corrected chi connectivity index (χ0v) is 18.9. The van der Waals surface area contributed by atoms with Gasteiger partial charge in [-0.25, -0.2) is 14.4 Å². The van der Waals surface area contributed by atoms with Crippen molar-refractivity contribution >= 4 is 29.9 Å². The second kappa shape index (κ2) is 13.3. The third-order valence-corrected chi connectivity index (χ3v) is 3.78. The third-order valence-electron chi connectivity index (χ3n) is 3.78. The Balaban J connectivity index is 0.00000392. The van der Waals surface area contributed by atoms with E-state index in [1.165, 1.54) is 12.1 Å². The quantitative estimate of drug-likeness (QED) is 0.247. The molecule has 1 aromatic carbocycles. The van der Waals surface area contributed by atoms with E-state index < -0.39 is 0 Å². The second-order valence-corrected chi connectivity index (χ2v) is 5.97. The SMILES string of the molecule is CCNC(=NCc1cccnc1OCCOC)N(C)Cc1cccc(F)c1.I. The van der Waals surface area contributed by atoms with Gasteiger partial charge in [-0.1, -0.05) is 18.2 Å². The predicted octanol–water partition coefficient (Wildman–Crippen LogP) is 3.46. The molecule has 0 saturated heterocycles. The van der Waals surface area contributed by atoms with Crippen molar-refractivity contribution < 1.29 is 13.9 Å². The van der Waals surface area contributed by atoms with E-state index in [0.717, 1.165) is 23.6 Å². The first-order valence-corrected chi connectivity index (χ1v) is 8.93. The van der Waals surface area contributed by atoms with Gasteiger partial charge in [-0.05, 0) is 30.7 Å². The minimum atomic E-state index is -0.240. The highest BCUT2D eigenvalue weighted by atomic mass is 127. The number of guanidine groups is 1. The summed E-state index contributed by atoms with van der Waals surface area (Å²) in [4.78, 5) is 10.9. The summed E-state index contributed by atoms with van der Waals surface area (Å²) in [6.07, 6.45) is 1.69. The number of pyridine rings is 1. The molecule has 0 aliphatic carbocycles. The molecule has 2 aromatic rings. The summed E-state index contributed by atoms with van der Waals surface area (Å²) in [5.41, 5.74) is 1.77. The number of halogens is 2. The van der Waals surface area contributed by atoms with Crippen LogP contribution < -0.4 is 10.1 Å². The third kappa shape index (κ3) is 7.97. The van der Waals surface area contributed by atoms with Gasteiger partial charge in [0.05, 0.1) is 13.2 Å². The van der Waals surface area contributed by atoms with Crippen LogP contribution >= 0.6 is 24.0 Å². The van der Waals surface area contributed by atoms with E-state index in [4.69, 9.17) is 9.47 Å². The maximum atomic E-state index is 13.4. The highest BCUT2D eigenvalue weighted by molar-refractivity contribution is 14.0. The predicted molar refractivity (Wildman–Crippen MR) is 120 cm³/mol. The molecule has 154 valence electrons. The summed E-state index contributed by atoms with van der Waals surface area (Å²) in [5, 5.41) is 3.26. The smallest absolute Gasteiger partial charge is 0.218 e. The zero-order valence-electron chi connectivity index (χ0n) is 16.5. The van der Waals surface area contributed by atoms with Crippen molar-refractivity contribution in [3.63, 3.8) is 0 Å². The van der Waals surface area contributed by atoms with Crippen LogP contribution in [0.5, 0.6) is 5.88 Å². The van der Waals surface area contributed by atoms with Gasteiger partial charge in [-0.3, -0.25) is 0 Å². The first-order chi connectivity index (χ1) is 13.1. The van der Waals surface area contributed by atoms with Crippen molar-refractivity contribution in [3.8, 4) is 5.88 Å². The number of nitrogens with one attached hydrogen (secondary N) is 1. The summed E-state index contributed by atoms with van der Waals surface area (Å²) in [5.74, 6) is 1.05. The van der Waals surface area contributed by atoms with Gasteiger partial charge in [-0.15, -0.1) is 24.0 Å². The number of hydrogen-bond donors (Lipinski definition) is 1. The lowest BCUT2D eigenvalue weighted by molar-refractivity contribution is 0.143. The van der Waals surface area contributed by atoms with E-state index >= 15 is 0 Å². The van der Waals surface area contributed by atoms with Crippen molar-refractivity contribution in [1.29, 1.82) is 0 Å². The molecule has 2 rings (SSSR count). The number of methoxy groups -OCH3 is 1. The summed E-state index contributed by atoms with van der Waals surface area (Å²) in [6.45, 7) is 4.65. The van der Waals surface area contributed by atoms with Gasteiger partial charge in [0.2, 0.25) is 5.88 Å². The first-order valence-electron chi connectivity index (χ1n) is 8.93. The fraction of sp³-hybridized carbons (Fsp3) is 0.400. The Morgan fingerprint density at radius 2 is 2.07 bits per heavy atom. The lowest BCUT2D eigenvalue weighted by Gasteiger charge is -2.22.